The molecule has 3 aromatic rings. The summed E-state index contributed by atoms with van der Waals surface area (Å²) in [7, 11) is 0. The van der Waals surface area contributed by atoms with Gasteiger partial charge in [-0.15, -0.1) is 12.3 Å². The number of hydrogen-bond donors (Lipinski definition) is 4. The van der Waals surface area contributed by atoms with E-state index in [1.807, 2.05) is 30.3 Å². The molecule has 0 aromatic heterocycles. The van der Waals surface area contributed by atoms with E-state index in [1.165, 1.54) is 23.3 Å². The van der Waals surface area contributed by atoms with Crippen LogP contribution in [0.15, 0.2) is 59.1 Å². The summed E-state index contributed by atoms with van der Waals surface area (Å²) in [5.41, 5.74) is 12.3. The zero-order chi connectivity index (χ0) is 52.6. The number of fused-ring (bicyclic) bond motifs is 3. The number of carbonyl (C=O) groups is 9. The average Bonchev–Trinajstić information content (AvgIpc) is 4.02. The topological polar surface area (TPSA) is 225 Å². The number of unbranched alkanes of at least 4 members (excludes halogenated alkanes) is 6. The lowest BCUT2D eigenvalue weighted by Crippen LogP contribution is -2.52. The molecule has 384 valence electrons. The Morgan fingerprint density at radius 2 is 1.03 bits per heavy atom. The summed E-state index contributed by atoms with van der Waals surface area (Å²) >= 11 is 3.42. The van der Waals surface area contributed by atoms with Crippen LogP contribution in [0.3, 0.4) is 0 Å². The van der Waals surface area contributed by atoms with Crippen LogP contribution >= 0.6 is 15.9 Å². The predicted octanol–water partition coefficient (Wildman–Crippen LogP) is 6.13. The number of nitrogens with one attached hydrogen (secondary N) is 3. The van der Waals surface area contributed by atoms with Gasteiger partial charge >= 0.3 is 0 Å². The molecule has 6 heterocycles. The molecule has 0 aliphatic carbocycles. The number of carbonyl (C=O) groups excluding carboxylic acids is 9. The molecule has 5 N–H and O–H groups in total. The zero-order valence-corrected chi connectivity index (χ0v) is 43.2. The standard InChI is InChI=1S/C19H20N2O3.C18H23N3O3.C13H11BrN2O3.C6H10/c1-2-3-4-5-7-13-8-6-9-14-15(13)12-21(19(14)24)16-10-11-17(22)20-18(16)23;19-10-3-1-2-5-12-6-4-7-13-14(12)11-21(18(13)24)15-8-9-16(22)20-17(15)23;14-9-3-1-2-7-8(9)6-16(13(7)19)10-4-5-11(17)15-12(10)18;1-3-5-6-4-2/h6,8-9,16H,2-4,10-12H2,1H3,(H,20,22,23);4,6-7,15H,1-3,5,8-11,19H2,(H,20,22,23);1-3,10H,4-6H2,(H,15,17,18);1H,4-6H2,2H3. The van der Waals surface area contributed by atoms with E-state index in [0.717, 1.165) is 78.1 Å². The Kier molecular flexibility index (Phi) is 20.2. The molecule has 6 aliphatic heterocycles. The van der Waals surface area contributed by atoms with Crippen molar-refractivity contribution in [2.24, 2.45) is 5.73 Å². The molecular formula is C56H64BrN7O9. The smallest absolute Gasteiger partial charge is 0.255 e. The molecule has 0 bridgehead atoms. The number of amides is 9. The van der Waals surface area contributed by atoms with Crippen molar-refractivity contribution in [1.29, 1.82) is 0 Å². The van der Waals surface area contributed by atoms with Crippen molar-refractivity contribution in [1.82, 2.24) is 30.7 Å². The molecule has 0 radical (unpaired) electrons. The minimum atomic E-state index is -0.580. The summed E-state index contributed by atoms with van der Waals surface area (Å²) < 4.78 is 0.869. The second-order valence-corrected chi connectivity index (χ2v) is 19.4. The third-order valence-electron chi connectivity index (χ3n) is 13.5. The van der Waals surface area contributed by atoms with Crippen LogP contribution in [0.25, 0.3) is 0 Å². The highest BCUT2D eigenvalue weighted by Crippen LogP contribution is 2.34. The van der Waals surface area contributed by atoms with E-state index in [2.05, 4.69) is 69.6 Å². The van der Waals surface area contributed by atoms with Gasteiger partial charge in [0.25, 0.3) is 17.7 Å². The molecule has 17 heteroatoms. The van der Waals surface area contributed by atoms with E-state index in [4.69, 9.17) is 12.2 Å². The van der Waals surface area contributed by atoms with E-state index in [1.54, 1.807) is 28.0 Å². The van der Waals surface area contributed by atoms with Gasteiger partial charge in [-0.3, -0.25) is 59.1 Å². The number of hydrogen-bond acceptors (Lipinski definition) is 10. The third-order valence-corrected chi connectivity index (χ3v) is 14.2. The van der Waals surface area contributed by atoms with E-state index in [0.29, 0.717) is 62.1 Å². The van der Waals surface area contributed by atoms with E-state index >= 15 is 0 Å². The van der Waals surface area contributed by atoms with Gasteiger partial charge in [0, 0.05) is 78.5 Å². The molecule has 6 aliphatic rings. The Balaban J connectivity index is 0.000000170. The molecule has 3 unspecified atom stereocenters. The summed E-state index contributed by atoms with van der Waals surface area (Å²) in [4.78, 5) is 112. The third kappa shape index (κ3) is 13.8. The van der Waals surface area contributed by atoms with Crippen molar-refractivity contribution < 1.29 is 43.2 Å². The van der Waals surface area contributed by atoms with Gasteiger partial charge in [0.05, 0.1) is 0 Å². The summed E-state index contributed by atoms with van der Waals surface area (Å²) in [6.45, 7) is 6.19. The van der Waals surface area contributed by atoms with Gasteiger partial charge in [0.1, 0.15) is 18.1 Å². The number of halogens is 1. The molecule has 0 saturated carbocycles. The highest BCUT2D eigenvalue weighted by atomic mass is 79.9. The molecule has 3 atom stereocenters. The number of terminal acetylenes is 1. The van der Waals surface area contributed by atoms with Crippen LogP contribution in [0.2, 0.25) is 0 Å². The Bertz CT molecular complexity index is 2740. The molecule has 73 heavy (non-hydrogen) atoms. The highest BCUT2D eigenvalue weighted by Gasteiger charge is 2.42. The van der Waals surface area contributed by atoms with Crippen molar-refractivity contribution in [3.63, 3.8) is 0 Å². The highest BCUT2D eigenvalue weighted by molar-refractivity contribution is 9.10. The van der Waals surface area contributed by atoms with Crippen LogP contribution in [0.1, 0.15) is 169 Å². The fraction of sp³-hybridized carbons (Fsp3) is 0.446. The number of imide groups is 3. The summed E-state index contributed by atoms with van der Waals surface area (Å²) in [6, 6.07) is 15.1. The fourth-order valence-corrected chi connectivity index (χ4v) is 9.96. The maximum atomic E-state index is 12.7. The monoisotopic (exact) mass is 1060 g/mol. The van der Waals surface area contributed by atoms with E-state index in [-0.39, 0.29) is 72.4 Å². The van der Waals surface area contributed by atoms with Gasteiger partial charge in [-0.1, -0.05) is 85.1 Å². The number of benzene rings is 3. The van der Waals surface area contributed by atoms with Crippen LogP contribution in [-0.2, 0) is 54.8 Å². The minimum absolute atomic E-state index is 0.108. The molecule has 0 spiro atoms. The SMILES string of the molecule is C#CCCCC.CCCCC#Cc1cccc2c1CN(C1CCC(=O)NC1=O)C2=O.NCCCCCc1cccc2c1CN(C1CCC(=O)NC1=O)C2=O.O=C1CCC(N2Cc3c(Br)cccc3C2=O)C(=O)N1. The first kappa shape index (κ1) is 55.4. The van der Waals surface area contributed by atoms with Crippen molar-refractivity contribution >= 4 is 69.1 Å². The molecule has 3 saturated heterocycles. The van der Waals surface area contributed by atoms with Crippen molar-refractivity contribution in [2.45, 2.75) is 154 Å². The minimum Gasteiger partial charge on any atom is -0.330 e. The van der Waals surface area contributed by atoms with E-state index < -0.39 is 18.1 Å². The van der Waals surface area contributed by atoms with Crippen LogP contribution < -0.4 is 21.7 Å². The first-order chi connectivity index (χ1) is 35.2. The largest absolute Gasteiger partial charge is 0.330 e. The predicted molar refractivity (Wildman–Crippen MR) is 277 cm³/mol. The number of piperidine rings is 3. The van der Waals surface area contributed by atoms with Crippen LogP contribution in [0.4, 0.5) is 0 Å². The number of rotatable bonds is 12. The Morgan fingerprint density at radius 1 is 0.575 bits per heavy atom. The van der Waals surface area contributed by atoms with Crippen LogP contribution in [0.5, 0.6) is 0 Å². The normalized spacial score (nSPS) is 19.6. The first-order valence-corrected chi connectivity index (χ1v) is 26.1. The summed E-state index contributed by atoms with van der Waals surface area (Å²) in [5, 5.41) is 6.93. The lowest BCUT2D eigenvalue weighted by atomic mass is 9.98. The Morgan fingerprint density at radius 3 is 1.49 bits per heavy atom. The number of nitrogens with zero attached hydrogens (tertiary/aromatic N) is 3. The second-order valence-electron chi connectivity index (χ2n) is 18.6. The molecule has 3 aromatic carbocycles. The summed E-state index contributed by atoms with van der Waals surface area (Å²) in [5.74, 6) is 6.53. The van der Waals surface area contributed by atoms with Gasteiger partial charge in [0.15, 0.2) is 0 Å². The van der Waals surface area contributed by atoms with Crippen LogP contribution in [0, 0.1) is 24.2 Å². The second kappa shape index (κ2) is 26.7. The van der Waals surface area contributed by atoms with E-state index in [9.17, 15) is 43.2 Å². The lowest BCUT2D eigenvalue weighted by molar-refractivity contribution is -0.138. The lowest BCUT2D eigenvalue weighted by Gasteiger charge is -2.29. The Hall–Kier alpha value is -6.95. The maximum absolute atomic E-state index is 12.7. The molecule has 9 amide bonds. The number of nitrogens with two attached hydrogens (primary N) is 1. The summed E-state index contributed by atoms with van der Waals surface area (Å²) in [6.07, 6.45) is 17.3. The van der Waals surface area contributed by atoms with Crippen molar-refractivity contribution in [3.05, 3.63) is 104 Å². The molecule has 9 rings (SSSR count). The zero-order valence-electron chi connectivity index (χ0n) is 41.6. The average molecular weight is 1060 g/mol. The van der Waals surface area contributed by atoms with Gasteiger partial charge in [0.2, 0.25) is 35.4 Å². The molecular weight excluding hydrogens is 995 g/mol. The Labute approximate surface area is 435 Å². The van der Waals surface area contributed by atoms with Crippen LogP contribution in [-0.4, -0.2) is 92.5 Å². The van der Waals surface area contributed by atoms with Gasteiger partial charge < -0.3 is 20.4 Å². The quantitative estimate of drug-likeness (QED) is 0.0923. The maximum Gasteiger partial charge on any atom is 0.255 e. The van der Waals surface area contributed by atoms with Crippen molar-refractivity contribution in [3.8, 4) is 24.2 Å². The van der Waals surface area contributed by atoms with Gasteiger partial charge in [-0.05, 0) is 110 Å². The van der Waals surface area contributed by atoms with Gasteiger partial charge in [-0.25, -0.2) is 0 Å². The molecule has 3 fully saturated rings. The molecule has 16 nitrogen and oxygen atoms in total. The van der Waals surface area contributed by atoms with Gasteiger partial charge in [-0.2, -0.15) is 0 Å². The van der Waals surface area contributed by atoms with Crippen molar-refractivity contribution in [2.75, 3.05) is 6.54 Å². The first-order valence-electron chi connectivity index (χ1n) is 25.3. The number of aryl methyl sites for hydroxylation is 1. The fourth-order valence-electron chi connectivity index (χ4n) is 9.47.